The van der Waals surface area contributed by atoms with Crippen molar-refractivity contribution >= 4 is 45.8 Å². The average Bonchev–Trinajstić information content (AvgIpc) is 3.19. The molecule has 1 unspecified atom stereocenters. The maximum atomic E-state index is 14.0. The van der Waals surface area contributed by atoms with Gasteiger partial charge in [0.25, 0.3) is 0 Å². The molecule has 0 radical (unpaired) electrons. The normalized spacial score (nSPS) is 16.9. The summed E-state index contributed by atoms with van der Waals surface area (Å²) in [6, 6.07) is 9.93. The molecule has 0 saturated carbocycles. The summed E-state index contributed by atoms with van der Waals surface area (Å²) in [4.78, 5) is 10.5. The summed E-state index contributed by atoms with van der Waals surface area (Å²) in [5.74, 6) is 0.576. The quantitative estimate of drug-likeness (QED) is 0.318. The van der Waals surface area contributed by atoms with Gasteiger partial charge >= 0.3 is 0 Å². The summed E-state index contributed by atoms with van der Waals surface area (Å²) in [5.41, 5.74) is 0.651. The number of benzene rings is 1. The summed E-state index contributed by atoms with van der Waals surface area (Å²) in [7, 11) is 1.13. The number of halogens is 2. The molecule has 1 aromatic carbocycles. The van der Waals surface area contributed by atoms with Gasteiger partial charge in [0.15, 0.2) is 17.6 Å². The van der Waals surface area contributed by atoms with Crippen molar-refractivity contribution in [2.24, 2.45) is 4.99 Å². The molecule has 0 bridgehead atoms. The lowest BCUT2D eigenvalue weighted by molar-refractivity contribution is 0.519. The Morgan fingerprint density at radius 1 is 1.29 bits per heavy atom. The molecule has 0 aliphatic carbocycles. The van der Waals surface area contributed by atoms with Crippen LogP contribution in [0, 0.1) is 5.82 Å². The van der Waals surface area contributed by atoms with Gasteiger partial charge in [-0.1, -0.05) is 18.2 Å². The van der Waals surface area contributed by atoms with E-state index >= 15 is 0 Å². The summed E-state index contributed by atoms with van der Waals surface area (Å²) >= 11 is 0. The number of hydrogen-bond acceptors (Lipinski definition) is 5. The molecule has 3 rings (SSSR count). The Morgan fingerprint density at radius 2 is 2.03 bits per heavy atom. The molecule has 11 heteroatoms. The molecule has 1 aliphatic heterocycles. The first-order chi connectivity index (χ1) is 14.3. The van der Waals surface area contributed by atoms with Crippen molar-refractivity contribution in [3.05, 3.63) is 54.0 Å². The molecule has 0 spiro atoms. The van der Waals surface area contributed by atoms with Crippen LogP contribution in [0.15, 0.2) is 52.5 Å². The standard InChI is InChI=1S/C20H27FN6O2S.HI/c1-22-20(24-13-15-7-4-5-9-18(15)30(28,29)26(2)3)25-16-10-12-27(14-16)19-17(21)8-6-11-23-19;/h4-9,11,16H,10,12-14H2,1-3H3,(H2,22,24,25);1H. The molecule has 1 aliphatic rings. The Balaban J connectivity index is 0.00000341. The van der Waals surface area contributed by atoms with Crippen LogP contribution >= 0.6 is 24.0 Å². The second-order valence-corrected chi connectivity index (χ2v) is 9.33. The number of aliphatic imine (C=N–C) groups is 1. The predicted octanol–water partition coefficient (Wildman–Crippen LogP) is 2.03. The zero-order chi connectivity index (χ0) is 21.7. The summed E-state index contributed by atoms with van der Waals surface area (Å²) < 4.78 is 40.3. The minimum atomic E-state index is -3.54. The zero-order valence-corrected chi connectivity index (χ0v) is 20.9. The minimum absolute atomic E-state index is 0. The number of sulfonamides is 1. The summed E-state index contributed by atoms with van der Waals surface area (Å²) in [6.45, 7) is 1.58. The van der Waals surface area contributed by atoms with Crippen molar-refractivity contribution < 1.29 is 12.8 Å². The molecule has 8 nitrogen and oxygen atoms in total. The van der Waals surface area contributed by atoms with Crippen molar-refractivity contribution in [2.45, 2.75) is 23.9 Å². The molecular weight excluding hydrogens is 534 g/mol. The first-order valence-corrected chi connectivity index (χ1v) is 11.1. The van der Waals surface area contributed by atoms with Gasteiger partial charge in [0, 0.05) is 53.0 Å². The van der Waals surface area contributed by atoms with Gasteiger partial charge in [0.2, 0.25) is 10.0 Å². The predicted molar refractivity (Wildman–Crippen MR) is 131 cm³/mol. The Kier molecular flexibility index (Phi) is 9.01. The van der Waals surface area contributed by atoms with Crippen LogP contribution in [0.25, 0.3) is 0 Å². The van der Waals surface area contributed by atoms with Gasteiger partial charge in [-0.2, -0.15) is 0 Å². The van der Waals surface area contributed by atoms with E-state index in [9.17, 15) is 12.8 Å². The van der Waals surface area contributed by atoms with E-state index in [4.69, 9.17) is 0 Å². The van der Waals surface area contributed by atoms with Crippen LogP contribution in [-0.2, 0) is 16.6 Å². The Morgan fingerprint density at radius 3 is 2.71 bits per heavy atom. The monoisotopic (exact) mass is 562 g/mol. The van der Waals surface area contributed by atoms with Gasteiger partial charge in [-0.3, -0.25) is 4.99 Å². The second-order valence-electron chi connectivity index (χ2n) is 7.21. The van der Waals surface area contributed by atoms with Gasteiger partial charge < -0.3 is 15.5 Å². The number of nitrogens with one attached hydrogen (secondary N) is 2. The molecule has 1 aromatic heterocycles. The first-order valence-electron chi connectivity index (χ1n) is 9.66. The van der Waals surface area contributed by atoms with Gasteiger partial charge in [0.05, 0.1) is 4.90 Å². The maximum Gasteiger partial charge on any atom is 0.242 e. The van der Waals surface area contributed by atoms with E-state index in [0.29, 0.717) is 37.0 Å². The van der Waals surface area contributed by atoms with Gasteiger partial charge in [-0.05, 0) is 30.2 Å². The van der Waals surface area contributed by atoms with Crippen LogP contribution in [-0.4, -0.2) is 63.9 Å². The van der Waals surface area contributed by atoms with Crippen molar-refractivity contribution in [1.29, 1.82) is 0 Å². The topological polar surface area (TPSA) is 89.9 Å². The average molecular weight is 562 g/mol. The second kappa shape index (κ2) is 11.0. The van der Waals surface area contributed by atoms with E-state index in [0.717, 1.165) is 6.42 Å². The van der Waals surface area contributed by atoms with Crippen LogP contribution in [0.3, 0.4) is 0 Å². The van der Waals surface area contributed by atoms with E-state index < -0.39 is 10.0 Å². The number of nitrogens with zero attached hydrogens (tertiary/aromatic N) is 4. The largest absolute Gasteiger partial charge is 0.352 e. The van der Waals surface area contributed by atoms with Crippen molar-refractivity contribution in [3.63, 3.8) is 0 Å². The molecule has 2 aromatic rings. The molecule has 31 heavy (non-hydrogen) atoms. The molecule has 170 valence electrons. The highest BCUT2D eigenvalue weighted by molar-refractivity contribution is 14.0. The van der Waals surface area contributed by atoms with Gasteiger partial charge in [-0.25, -0.2) is 22.1 Å². The fraction of sp³-hybridized carbons (Fsp3) is 0.400. The zero-order valence-electron chi connectivity index (χ0n) is 17.7. The third-order valence-electron chi connectivity index (χ3n) is 4.97. The van der Waals surface area contributed by atoms with Crippen LogP contribution < -0.4 is 15.5 Å². The first kappa shape index (κ1) is 25.3. The van der Waals surface area contributed by atoms with Crippen molar-refractivity contribution in [1.82, 2.24) is 19.9 Å². The van der Waals surface area contributed by atoms with Crippen LogP contribution in [0.1, 0.15) is 12.0 Å². The molecule has 1 saturated heterocycles. The van der Waals surface area contributed by atoms with E-state index in [1.165, 1.54) is 24.5 Å². The number of aromatic nitrogens is 1. The molecule has 1 atom stereocenters. The van der Waals surface area contributed by atoms with Gasteiger partial charge in [-0.15, -0.1) is 24.0 Å². The third-order valence-corrected chi connectivity index (χ3v) is 6.88. The number of hydrogen-bond donors (Lipinski definition) is 2. The van der Waals surface area contributed by atoms with E-state index in [1.807, 2.05) is 4.90 Å². The van der Waals surface area contributed by atoms with Crippen LogP contribution in [0.5, 0.6) is 0 Å². The highest BCUT2D eigenvalue weighted by atomic mass is 127. The SMILES string of the molecule is CN=C(NCc1ccccc1S(=O)(=O)N(C)C)NC1CCN(c2ncccc2F)C1.I. The van der Waals surface area contributed by atoms with E-state index in [-0.39, 0.29) is 40.7 Å². The number of guanidine groups is 1. The van der Waals surface area contributed by atoms with Gasteiger partial charge in [0.1, 0.15) is 0 Å². The lowest BCUT2D eigenvalue weighted by Crippen LogP contribution is -2.44. The fourth-order valence-electron chi connectivity index (χ4n) is 3.35. The lowest BCUT2D eigenvalue weighted by Gasteiger charge is -2.20. The third kappa shape index (κ3) is 6.04. The smallest absolute Gasteiger partial charge is 0.242 e. The Labute approximate surface area is 200 Å². The molecule has 1 fully saturated rings. The molecule has 0 amide bonds. The highest BCUT2D eigenvalue weighted by Gasteiger charge is 2.26. The minimum Gasteiger partial charge on any atom is -0.352 e. The number of pyridine rings is 1. The number of anilines is 1. The lowest BCUT2D eigenvalue weighted by atomic mass is 10.2. The summed E-state index contributed by atoms with van der Waals surface area (Å²) in [6.07, 6.45) is 2.39. The summed E-state index contributed by atoms with van der Waals surface area (Å²) in [5, 5.41) is 6.50. The maximum absolute atomic E-state index is 14.0. The van der Waals surface area contributed by atoms with Crippen molar-refractivity contribution in [2.75, 3.05) is 39.1 Å². The fourth-order valence-corrected chi connectivity index (χ4v) is 4.46. The van der Waals surface area contributed by atoms with E-state index in [2.05, 4.69) is 20.6 Å². The van der Waals surface area contributed by atoms with Crippen LogP contribution in [0.2, 0.25) is 0 Å². The highest BCUT2D eigenvalue weighted by Crippen LogP contribution is 2.21. The number of rotatable bonds is 6. The Bertz CT molecular complexity index is 1020. The molecule has 2 N–H and O–H groups in total. The van der Waals surface area contributed by atoms with Crippen molar-refractivity contribution in [3.8, 4) is 0 Å². The molecular formula is C20H28FIN6O2S. The Hall–Kier alpha value is -1.99. The van der Waals surface area contributed by atoms with Crippen LogP contribution in [0.4, 0.5) is 10.2 Å². The van der Waals surface area contributed by atoms with E-state index in [1.54, 1.807) is 43.6 Å². The molecule has 2 heterocycles.